The lowest BCUT2D eigenvalue weighted by molar-refractivity contribution is 0.301. The second-order valence-electron chi connectivity index (χ2n) is 6.84. The molecule has 0 N–H and O–H groups in total. The van der Waals surface area contributed by atoms with Crippen molar-refractivity contribution in [1.29, 1.82) is 0 Å². The molecule has 0 radical (unpaired) electrons. The highest BCUT2D eigenvalue weighted by atomic mass is 32.1. The van der Waals surface area contributed by atoms with E-state index in [0.29, 0.717) is 13.2 Å². The van der Waals surface area contributed by atoms with Crippen molar-refractivity contribution >= 4 is 21.6 Å². The van der Waals surface area contributed by atoms with Crippen LogP contribution in [0.1, 0.15) is 16.9 Å². The highest BCUT2D eigenvalue weighted by molar-refractivity contribution is 7.19. The fraction of sp³-hybridized carbons (Fsp3) is 0.217. The van der Waals surface area contributed by atoms with Crippen molar-refractivity contribution in [3.05, 3.63) is 81.7 Å². The molecule has 4 nitrogen and oxygen atoms in total. The number of nitrogens with zero attached hydrogens (tertiary/aromatic N) is 2. The fourth-order valence-electron chi connectivity index (χ4n) is 3.31. The van der Waals surface area contributed by atoms with Crippen molar-refractivity contribution in [1.82, 2.24) is 9.55 Å². The van der Waals surface area contributed by atoms with Gasteiger partial charge in [-0.3, -0.25) is 9.36 Å². The first-order valence-electron chi connectivity index (χ1n) is 9.37. The number of rotatable bonds is 6. The van der Waals surface area contributed by atoms with Crippen molar-refractivity contribution < 1.29 is 4.74 Å². The van der Waals surface area contributed by atoms with Crippen LogP contribution in [-0.4, -0.2) is 16.2 Å². The van der Waals surface area contributed by atoms with Crippen LogP contribution in [0.2, 0.25) is 0 Å². The zero-order valence-corrected chi connectivity index (χ0v) is 16.8. The van der Waals surface area contributed by atoms with Gasteiger partial charge in [0.25, 0.3) is 5.56 Å². The summed E-state index contributed by atoms with van der Waals surface area (Å²) < 4.78 is 7.47. The van der Waals surface area contributed by atoms with Crippen molar-refractivity contribution in [3.63, 3.8) is 0 Å². The molecule has 142 valence electrons. The van der Waals surface area contributed by atoms with E-state index in [4.69, 9.17) is 4.74 Å². The predicted octanol–water partition coefficient (Wildman–Crippen LogP) is 5.21. The van der Waals surface area contributed by atoms with Crippen molar-refractivity contribution in [2.24, 2.45) is 0 Å². The van der Waals surface area contributed by atoms with Crippen LogP contribution in [0, 0.1) is 13.8 Å². The summed E-state index contributed by atoms with van der Waals surface area (Å²) in [4.78, 5) is 19.6. The molecular formula is C23H22N2O2S. The van der Waals surface area contributed by atoms with Crippen LogP contribution in [0.5, 0.6) is 5.75 Å². The first kappa shape index (κ1) is 18.4. The van der Waals surface area contributed by atoms with E-state index in [1.54, 1.807) is 22.2 Å². The van der Waals surface area contributed by atoms with E-state index in [1.807, 2.05) is 61.5 Å². The summed E-state index contributed by atoms with van der Waals surface area (Å²) in [5.74, 6) is 0.853. The number of benzene rings is 2. The Morgan fingerprint density at radius 1 is 1.04 bits per heavy atom. The molecule has 4 aromatic rings. The van der Waals surface area contributed by atoms with E-state index >= 15 is 0 Å². The molecule has 2 aromatic carbocycles. The molecule has 0 atom stereocenters. The Hall–Kier alpha value is -2.92. The molecule has 0 saturated carbocycles. The Labute approximate surface area is 168 Å². The second kappa shape index (κ2) is 7.98. The Kier molecular flexibility index (Phi) is 5.26. The lowest BCUT2D eigenvalue weighted by Gasteiger charge is -2.08. The van der Waals surface area contributed by atoms with E-state index in [0.717, 1.165) is 38.4 Å². The lowest BCUT2D eigenvalue weighted by atomic mass is 10.0. The van der Waals surface area contributed by atoms with Crippen LogP contribution in [0.15, 0.2) is 65.7 Å². The third-order valence-corrected chi connectivity index (χ3v) is 5.76. The Bertz CT molecular complexity index is 1150. The van der Waals surface area contributed by atoms with Crippen LogP contribution < -0.4 is 10.3 Å². The minimum atomic E-state index is 0.0172. The minimum absolute atomic E-state index is 0.0172. The molecule has 0 aliphatic carbocycles. The molecule has 2 heterocycles. The van der Waals surface area contributed by atoms with Gasteiger partial charge in [-0.25, -0.2) is 4.98 Å². The smallest absolute Gasteiger partial charge is 0.262 e. The van der Waals surface area contributed by atoms with E-state index in [1.165, 1.54) is 5.56 Å². The average Bonchev–Trinajstić information content (AvgIpc) is 3.05. The van der Waals surface area contributed by atoms with Crippen LogP contribution >= 0.6 is 11.3 Å². The van der Waals surface area contributed by atoms with Gasteiger partial charge in [0.2, 0.25) is 0 Å². The highest BCUT2D eigenvalue weighted by Crippen LogP contribution is 2.35. The van der Waals surface area contributed by atoms with E-state index in [2.05, 4.69) is 11.9 Å². The summed E-state index contributed by atoms with van der Waals surface area (Å²) in [5.41, 5.74) is 3.29. The molecule has 0 unspecified atom stereocenters. The van der Waals surface area contributed by atoms with Gasteiger partial charge >= 0.3 is 0 Å². The summed E-state index contributed by atoms with van der Waals surface area (Å²) in [6.45, 7) is 5.24. The minimum Gasteiger partial charge on any atom is -0.494 e. The number of hydrogen-bond donors (Lipinski definition) is 0. The first-order valence-corrected chi connectivity index (χ1v) is 10.2. The van der Waals surface area contributed by atoms with Crippen molar-refractivity contribution in [2.45, 2.75) is 26.8 Å². The molecule has 0 aliphatic heterocycles. The quantitative estimate of drug-likeness (QED) is 0.425. The molecule has 28 heavy (non-hydrogen) atoms. The summed E-state index contributed by atoms with van der Waals surface area (Å²) >= 11 is 1.57. The lowest BCUT2D eigenvalue weighted by Crippen LogP contribution is -2.21. The van der Waals surface area contributed by atoms with Crippen LogP contribution in [0.3, 0.4) is 0 Å². The maximum Gasteiger partial charge on any atom is 0.262 e. The standard InChI is InChI=1S/C23H22N2O2S/c1-16-9-11-19(12-10-16)27-14-6-13-25-15-24-22-21(23(25)26)20(17(2)28-22)18-7-4-3-5-8-18/h3-5,7-12,15H,6,13-14H2,1-2H3. The maximum absolute atomic E-state index is 13.1. The fourth-order valence-corrected chi connectivity index (χ4v) is 4.31. The largest absolute Gasteiger partial charge is 0.494 e. The molecule has 0 amide bonds. The topological polar surface area (TPSA) is 44.1 Å². The number of aromatic nitrogens is 2. The summed E-state index contributed by atoms with van der Waals surface area (Å²) in [5, 5.41) is 0.718. The van der Waals surface area contributed by atoms with Gasteiger partial charge in [-0.15, -0.1) is 11.3 Å². The van der Waals surface area contributed by atoms with E-state index in [-0.39, 0.29) is 5.56 Å². The number of thiophene rings is 1. The average molecular weight is 391 g/mol. The molecule has 0 spiro atoms. The van der Waals surface area contributed by atoms with Gasteiger partial charge in [-0.05, 0) is 38.0 Å². The van der Waals surface area contributed by atoms with Crippen LogP contribution in [0.4, 0.5) is 0 Å². The summed E-state index contributed by atoms with van der Waals surface area (Å²) in [6, 6.07) is 18.1. The molecule has 0 bridgehead atoms. The predicted molar refractivity (Wildman–Crippen MR) is 115 cm³/mol. The monoisotopic (exact) mass is 390 g/mol. The van der Waals surface area contributed by atoms with Crippen molar-refractivity contribution in [3.8, 4) is 16.9 Å². The third kappa shape index (κ3) is 3.71. The highest BCUT2D eigenvalue weighted by Gasteiger charge is 2.16. The summed E-state index contributed by atoms with van der Waals surface area (Å²) in [7, 11) is 0. The molecule has 2 aromatic heterocycles. The molecular weight excluding hydrogens is 368 g/mol. The number of hydrogen-bond acceptors (Lipinski definition) is 4. The Balaban J connectivity index is 1.54. The van der Waals surface area contributed by atoms with Gasteiger partial charge in [0.1, 0.15) is 10.6 Å². The SMILES string of the molecule is Cc1ccc(OCCCn2cnc3sc(C)c(-c4ccccc4)c3c2=O)cc1. The molecule has 0 aliphatic rings. The zero-order valence-electron chi connectivity index (χ0n) is 16.0. The van der Waals surface area contributed by atoms with Gasteiger partial charge in [0, 0.05) is 17.0 Å². The van der Waals surface area contributed by atoms with Crippen LogP contribution in [0.25, 0.3) is 21.3 Å². The number of aryl methyl sites for hydroxylation is 3. The normalized spacial score (nSPS) is 11.1. The summed E-state index contributed by atoms with van der Waals surface area (Å²) in [6.07, 6.45) is 2.39. The van der Waals surface area contributed by atoms with Gasteiger partial charge in [-0.1, -0.05) is 48.0 Å². The Morgan fingerprint density at radius 2 is 1.79 bits per heavy atom. The number of fused-ring (bicyclic) bond motifs is 1. The Morgan fingerprint density at radius 3 is 2.54 bits per heavy atom. The maximum atomic E-state index is 13.1. The van der Waals surface area contributed by atoms with E-state index < -0.39 is 0 Å². The molecule has 0 fully saturated rings. The van der Waals surface area contributed by atoms with Gasteiger partial charge in [-0.2, -0.15) is 0 Å². The van der Waals surface area contributed by atoms with Gasteiger partial charge in [0.15, 0.2) is 0 Å². The number of ether oxygens (including phenoxy) is 1. The van der Waals surface area contributed by atoms with Crippen LogP contribution in [-0.2, 0) is 6.54 Å². The molecule has 4 rings (SSSR count). The first-order chi connectivity index (χ1) is 13.6. The molecule has 0 saturated heterocycles. The van der Waals surface area contributed by atoms with Crippen molar-refractivity contribution in [2.75, 3.05) is 6.61 Å². The van der Waals surface area contributed by atoms with Gasteiger partial charge < -0.3 is 4.74 Å². The molecule has 5 heteroatoms. The second-order valence-corrected chi connectivity index (χ2v) is 8.04. The third-order valence-electron chi connectivity index (χ3n) is 4.75. The van der Waals surface area contributed by atoms with E-state index in [9.17, 15) is 4.79 Å². The zero-order chi connectivity index (χ0) is 19.5. The van der Waals surface area contributed by atoms with Gasteiger partial charge in [0.05, 0.1) is 18.3 Å².